The number of hydrogen-bond acceptors (Lipinski definition) is 15. The van der Waals surface area contributed by atoms with E-state index >= 15 is 0 Å². The van der Waals surface area contributed by atoms with Gasteiger partial charge in [-0.25, -0.2) is 9.13 Å². The number of esters is 4. The van der Waals surface area contributed by atoms with Gasteiger partial charge in [-0.3, -0.25) is 37.3 Å². The summed E-state index contributed by atoms with van der Waals surface area (Å²) in [6.45, 7) is 4.64. The minimum absolute atomic E-state index is 0.0656. The van der Waals surface area contributed by atoms with E-state index in [2.05, 4.69) is 125 Å². The molecular formula is C81H140O17P2. The molecule has 0 fully saturated rings. The van der Waals surface area contributed by atoms with Gasteiger partial charge < -0.3 is 33.8 Å². The third-order valence-corrected chi connectivity index (χ3v) is 18.1. The molecule has 5 atom stereocenters. The van der Waals surface area contributed by atoms with E-state index in [0.29, 0.717) is 32.1 Å². The van der Waals surface area contributed by atoms with Crippen LogP contribution in [-0.4, -0.2) is 96.7 Å². The summed E-state index contributed by atoms with van der Waals surface area (Å²) in [5, 5.41) is 10.6. The Labute approximate surface area is 607 Å². The number of aliphatic hydroxyl groups is 1. The lowest BCUT2D eigenvalue weighted by molar-refractivity contribution is -0.161. The first-order chi connectivity index (χ1) is 48.7. The highest BCUT2D eigenvalue weighted by Gasteiger charge is 2.30. The maximum absolute atomic E-state index is 13.1. The number of carbonyl (C=O) groups excluding carboxylic acids is 4. The van der Waals surface area contributed by atoms with Crippen molar-refractivity contribution in [3.63, 3.8) is 0 Å². The summed E-state index contributed by atoms with van der Waals surface area (Å²) >= 11 is 0. The van der Waals surface area contributed by atoms with Crippen LogP contribution in [0.2, 0.25) is 0 Å². The van der Waals surface area contributed by atoms with Crippen LogP contribution in [0.5, 0.6) is 0 Å². The van der Waals surface area contributed by atoms with Gasteiger partial charge in [0, 0.05) is 25.7 Å². The predicted molar refractivity (Wildman–Crippen MR) is 408 cm³/mol. The molecule has 576 valence electrons. The number of aliphatic hydroxyl groups excluding tert-OH is 1. The van der Waals surface area contributed by atoms with Gasteiger partial charge in [0.05, 0.1) is 26.4 Å². The van der Waals surface area contributed by atoms with Gasteiger partial charge in [0.1, 0.15) is 19.3 Å². The van der Waals surface area contributed by atoms with Crippen LogP contribution in [0.15, 0.2) is 109 Å². The van der Waals surface area contributed by atoms with Gasteiger partial charge >= 0.3 is 39.5 Å². The second-order valence-corrected chi connectivity index (χ2v) is 28.8. The average Bonchev–Trinajstić information content (AvgIpc) is 1.06. The first-order valence-electron chi connectivity index (χ1n) is 39.1. The number of phosphoric acid groups is 2. The molecule has 0 radical (unpaired) electrons. The molecule has 0 aliphatic rings. The highest BCUT2D eigenvalue weighted by atomic mass is 31.2. The van der Waals surface area contributed by atoms with Gasteiger partial charge in [0.2, 0.25) is 0 Å². The maximum Gasteiger partial charge on any atom is 0.472 e. The van der Waals surface area contributed by atoms with Gasteiger partial charge in [-0.1, -0.05) is 278 Å². The summed E-state index contributed by atoms with van der Waals surface area (Å²) in [5.74, 6) is -2.26. The van der Waals surface area contributed by atoms with Crippen LogP contribution < -0.4 is 0 Å². The molecule has 0 heterocycles. The number of unbranched alkanes of at least 4 members (excludes halogenated alkanes) is 29. The first kappa shape index (κ1) is 95.7. The Morgan fingerprint density at radius 3 is 0.860 bits per heavy atom. The number of rotatable bonds is 73. The molecule has 19 heteroatoms. The Bertz CT molecular complexity index is 2320. The maximum atomic E-state index is 13.1. The lowest BCUT2D eigenvalue weighted by Crippen LogP contribution is -2.30. The normalized spacial score (nSPS) is 14.5. The molecule has 0 rings (SSSR count). The average molecular weight is 1450 g/mol. The summed E-state index contributed by atoms with van der Waals surface area (Å²) in [6.07, 6.45) is 77.9. The smallest absolute Gasteiger partial charge is 0.462 e. The van der Waals surface area contributed by atoms with Crippen molar-refractivity contribution in [2.75, 3.05) is 39.6 Å². The molecule has 0 aromatic carbocycles. The molecule has 0 amide bonds. The Kier molecular flexibility index (Phi) is 69.9. The third-order valence-electron chi connectivity index (χ3n) is 16.2. The van der Waals surface area contributed by atoms with E-state index in [9.17, 15) is 43.2 Å². The molecule has 0 aromatic rings. The van der Waals surface area contributed by atoms with Gasteiger partial charge in [-0.05, 0) is 128 Å². The van der Waals surface area contributed by atoms with Crippen LogP contribution in [0.3, 0.4) is 0 Å². The van der Waals surface area contributed by atoms with Crippen LogP contribution in [0.4, 0.5) is 0 Å². The molecule has 0 saturated carbocycles. The van der Waals surface area contributed by atoms with Gasteiger partial charge in [0.25, 0.3) is 0 Å². The molecule has 0 saturated heterocycles. The number of carbonyl (C=O) groups is 4. The lowest BCUT2D eigenvalue weighted by atomic mass is 10.0. The Balaban J connectivity index is 5.41. The van der Waals surface area contributed by atoms with E-state index in [0.717, 1.165) is 148 Å². The fourth-order valence-electron chi connectivity index (χ4n) is 10.3. The van der Waals surface area contributed by atoms with Crippen LogP contribution in [-0.2, 0) is 65.4 Å². The van der Waals surface area contributed by atoms with Crippen LogP contribution >= 0.6 is 15.6 Å². The van der Waals surface area contributed by atoms with E-state index in [-0.39, 0.29) is 25.7 Å². The standard InChI is InChI=1S/C81H140O17P2/c1-5-9-13-17-21-25-29-33-36-37-40-43-46-50-54-58-62-66-79(84)92-72-77(98-81(86)68-64-60-56-52-48-44-39-35-31-27-23-19-15-11-7-3)74-96-100(89,90)94-70-75(82)69-93-99(87,88)95-73-76(97-80(85)67-63-59-55-51-47-41-32-28-24-20-16-12-8-4)71-91-78(83)65-61-57-53-49-45-42-38-34-30-26-22-18-14-10-6-2/h9,13,21-23,25-27,33-36,38-40,43,50,54,75-77,82H,5-8,10-12,14-20,24,28-32,37,41-42,44-49,51-53,55-74H2,1-4H3,(H,87,88)(H,89,90)/b13-9-,25-21-,26-22-,27-23-,36-33-,38-34-,39-35-,43-40-,54-50-. The second-order valence-electron chi connectivity index (χ2n) is 25.9. The van der Waals surface area contributed by atoms with Gasteiger partial charge in [0.15, 0.2) is 12.2 Å². The fourth-order valence-corrected chi connectivity index (χ4v) is 11.8. The number of hydrogen-bond donors (Lipinski definition) is 3. The Morgan fingerprint density at radius 2 is 0.530 bits per heavy atom. The zero-order chi connectivity index (χ0) is 73.2. The van der Waals surface area contributed by atoms with Crippen LogP contribution in [0, 0.1) is 0 Å². The second kappa shape index (κ2) is 73.0. The van der Waals surface area contributed by atoms with E-state index in [4.69, 9.17) is 37.0 Å². The summed E-state index contributed by atoms with van der Waals surface area (Å²) in [7, 11) is -9.97. The minimum Gasteiger partial charge on any atom is -0.462 e. The van der Waals surface area contributed by atoms with E-state index in [1.165, 1.54) is 89.9 Å². The molecule has 0 bridgehead atoms. The van der Waals surface area contributed by atoms with Crippen molar-refractivity contribution in [1.29, 1.82) is 0 Å². The molecule has 3 N–H and O–H groups in total. The predicted octanol–water partition coefficient (Wildman–Crippen LogP) is 22.6. The van der Waals surface area contributed by atoms with E-state index in [1.54, 1.807) is 0 Å². The molecule has 17 nitrogen and oxygen atoms in total. The highest BCUT2D eigenvalue weighted by molar-refractivity contribution is 7.47. The van der Waals surface area contributed by atoms with Crippen LogP contribution in [0.25, 0.3) is 0 Å². The van der Waals surface area contributed by atoms with Crippen molar-refractivity contribution in [3.05, 3.63) is 109 Å². The first-order valence-corrected chi connectivity index (χ1v) is 42.1. The lowest BCUT2D eigenvalue weighted by Gasteiger charge is -2.21. The molecule has 100 heavy (non-hydrogen) atoms. The Morgan fingerprint density at radius 1 is 0.290 bits per heavy atom. The van der Waals surface area contributed by atoms with Crippen LogP contribution in [0.1, 0.15) is 323 Å². The number of ether oxygens (including phenoxy) is 4. The van der Waals surface area contributed by atoms with Crippen molar-refractivity contribution in [1.82, 2.24) is 0 Å². The molecular weight excluding hydrogens is 1310 g/mol. The molecule has 5 unspecified atom stereocenters. The minimum atomic E-state index is -4.99. The van der Waals surface area contributed by atoms with Gasteiger partial charge in [-0.2, -0.15) is 0 Å². The van der Waals surface area contributed by atoms with Crippen molar-refractivity contribution < 1.29 is 80.2 Å². The largest absolute Gasteiger partial charge is 0.472 e. The van der Waals surface area contributed by atoms with E-state index in [1.807, 2.05) is 12.2 Å². The highest BCUT2D eigenvalue weighted by Crippen LogP contribution is 2.45. The third kappa shape index (κ3) is 72.1. The molecule has 0 aliphatic carbocycles. The zero-order valence-electron chi connectivity index (χ0n) is 62.8. The summed E-state index contributed by atoms with van der Waals surface area (Å²) in [6, 6.07) is 0. The Hall–Kier alpha value is -4.28. The topological polar surface area (TPSA) is 237 Å². The number of allylic oxidation sites excluding steroid dienone is 18. The fraction of sp³-hybridized carbons (Fsp3) is 0.728. The zero-order valence-corrected chi connectivity index (χ0v) is 64.6. The molecule has 0 spiro atoms. The molecule has 0 aromatic heterocycles. The number of phosphoric ester groups is 2. The van der Waals surface area contributed by atoms with Crippen molar-refractivity contribution in [3.8, 4) is 0 Å². The molecule has 0 aliphatic heterocycles. The van der Waals surface area contributed by atoms with Crippen molar-refractivity contribution in [2.45, 2.75) is 341 Å². The summed E-state index contributed by atoms with van der Waals surface area (Å²) in [5.41, 5.74) is 0. The quantitative estimate of drug-likeness (QED) is 0.0169. The van der Waals surface area contributed by atoms with Crippen molar-refractivity contribution in [2.24, 2.45) is 0 Å². The van der Waals surface area contributed by atoms with Crippen molar-refractivity contribution >= 4 is 39.5 Å². The summed E-state index contributed by atoms with van der Waals surface area (Å²) < 4.78 is 68.5. The SMILES string of the molecule is CC/C=C\C/C=C\C/C=C\C/C=C\C/C=C\CCCC(=O)OCC(COP(=O)(O)OCC(O)COP(=O)(O)OCC(COC(=O)CCCCCCC/C=C\C/C=C\CCCCC)OC(=O)CCCCCCCCCCCCCCC)OC(=O)CCCCCCC/C=C\C/C=C\CCCCC. The van der Waals surface area contributed by atoms with Gasteiger partial charge in [-0.15, -0.1) is 0 Å². The van der Waals surface area contributed by atoms with E-state index < -0.39 is 97.5 Å². The monoisotopic (exact) mass is 1450 g/mol. The summed E-state index contributed by atoms with van der Waals surface area (Å²) in [4.78, 5) is 72.9.